The first-order valence-electron chi connectivity index (χ1n) is 38.8. The van der Waals surface area contributed by atoms with Crippen molar-refractivity contribution in [3.05, 3.63) is 20.9 Å². The van der Waals surface area contributed by atoms with Gasteiger partial charge in [0.15, 0.2) is 0 Å². The second-order valence-electron chi connectivity index (χ2n) is 34.3. The Hall–Kier alpha value is -1.14. The van der Waals surface area contributed by atoms with Gasteiger partial charge in [0.1, 0.15) is 5.60 Å². The molecule has 0 bridgehead atoms. The molecule has 0 aliphatic heterocycles. The molecule has 2 aromatic rings. The zero-order valence-electron chi connectivity index (χ0n) is 65.1. The molecular weight excluding hydrogens is 1120 g/mol. The lowest BCUT2D eigenvalue weighted by Crippen LogP contribution is -2.32. The highest BCUT2D eigenvalue weighted by Crippen LogP contribution is 2.45. The first-order valence-corrected chi connectivity index (χ1v) is 40.4. The maximum absolute atomic E-state index is 5.65. The number of methoxy groups -OCH3 is 1. The van der Waals surface area contributed by atoms with Gasteiger partial charge in [0, 0.05) is 20.9 Å². The number of hydrogen-bond acceptors (Lipinski definition) is 6. The van der Waals surface area contributed by atoms with Crippen LogP contribution >= 0.6 is 23.1 Å². The minimum absolute atomic E-state index is 0.148. The second kappa shape index (κ2) is 43.8. The van der Waals surface area contributed by atoms with E-state index in [-0.39, 0.29) is 5.60 Å². The summed E-state index contributed by atoms with van der Waals surface area (Å²) in [5, 5.41) is 0. The number of aryl methyl sites for hydroxylation is 2. The third-order valence-electron chi connectivity index (χ3n) is 25.5. The quantitative estimate of drug-likeness (QED) is 0.306. The third-order valence-corrected chi connectivity index (χ3v) is 27.2. The van der Waals surface area contributed by atoms with Crippen LogP contribution in [0.3, 0.4) is 0 Å². The maximum atomic E-state index is 5.65. The normalized spacial score (nSPS) is 35.1. The molecule has 9 aliphatic rings. The molecule has 0 aromatic carbocycles. The molecule has 9 fully saturated rings. The lowest BCUT2D eigenvalue weighted by Gasteiger charge is -2.40. The van der Waals surface area contributed by atoms with Crippen molar-refractivity contribution in [3.8, 4) is 11.8 Å². The Balaban J connectivity index is 0.000000340. The van der Waals surface area contributed by atoms with Crippen LogP contribution in [0.5, 0.6) is 11.8 Å². The second-order valence-corrected chi connectivity index (χ2v) is 36.3. The number of rotatable bonds is 4. The van der Waals surface area contributed by atoms with Gasteiger partial charge in [-0.2, -0.15) is 8.75 Å². The summed E-state index contributed by atoms with van der Waals surface area (Å²) >= 11 is 2.98. The van der Waals surface area contributed by atoms with Gasteiger partial charge >= 0.3 is 0 Å². The molecule has 11 rings (SSSR count). The Morgan fingerprint density at radius 2 is 0.640 bits per heavy atom. The molecule has 4 nitrogen and oxygen atoms in total. The molecule has 0 radical (unpaired) electrons. The topological polar surface area (TPSA) is 44.2 Å². The van der Waals surface area contributed by atoms with Crippen LogP contribution in [-0.4, -0.2) is 21.5 Å². The predicted octanol–water partition coefficient (Wildman–Crippen LogP) is 27.8. The van der Waals surface area contributed by atoms with Crippen molar-refractivity contribution in [1.29, 1.82) is 0 Å². The Morgan fingerprint density at radius 3 is 0.910 bits per heavy atom. The molecule has 2 heterocycles. The van der Waals surface area contributed by atoms with Gasteiger partial charge in [-0.05, 0) is 227 Å². The van der Waals surface area contributed by atoms with E-state index in [0.717, 1.165) is 153 Å². The van der Waals surface area contributed by atoms with Crippen LogP contribution < -0.4 is 9.47 Å². The van der Waals surface area contributed by atoms with E-state index in [0.29, 0.717) is 0 Å². The van der Waals surface area contributed by atoms with Gasteiger partial charge in [0.2, 0.25) is 11.8 Å². The molecule has 0 saturated heterocycles. The van der Waals surface area contributed by atoms with Gasteiger partial charge in [-0.1, -0.05) is 280 Å². The van der Waals surface area contributed by atoms with Crippen molar-refractivity contribution in [2.75, 3.05) is 7.11 Å². The highest BCUT2D eigenvalue weighted by atomic mass is 32.1. The number of hydrogen-bond donors (Lipinski definition) is 0. The van der Waals surface area contributed by atoms with E-state index < -0.39 is 0 Å². The Bertz CT molecular complexity index is 1970. The Morgan fingerprint density at radius 1 is 0.348 bits per heavy atom. The molecule has 524 valence electrons. The first kappa shape index (κ1) is 83.9. The minimum atomic E-state index is -0.148. The standard InChI is InChI=1S/C13H26.C11H20.C9H15NOS.C9H18.3C8H16.C6H9NOS.C6H12.C5H10/c1-9(2)12-7-6-8-13(10(3)4)11(12)5;1-9-5-4-7-10-6-2-3-8-11(9)10;1-6-7(2)12-10-8(6)11-9(3,4)5;1-7-5-4-6-8(2)9(7)3;1-6-4-5-7(2)8(6)3;2*1-7-5-3-4-6-8(7)2;1-4-5(2)9-7-6(4)8-3;1-5-3-4-6(5)2;1-4-3-5(4)2/h9-13H,6-8H2,1-5H3;9-11H,2-8H2,1H3;1-5H3;7-9H,4-6H2,1-3H3;6-8H,4-5H2,1-3H3;2*7-8H,3-6H2,1-2H3;1-3H3;5-6H,3-4H2,1-2H3;4-5H,3H2,1-2H3. The summed E-state index contributed by atoms with van der Waals surface area (Å²) in [7, 11) is 1.64. The van der Waals surface area contributed by atoms with Crippen LogP contribution in [0.15, 0.2) is 0 Å². The van der Waals surface area contributed by atoms with Crippen LogP contribution in [0.2, 0.25) is 0 Å². The number of ether oxygens (including phenoxy) is 2. The third kappa shape index (κ3) is 32.4. The van der Waals surface area contributed by atoms with Gasteiger partial charge in [-0.15, -0.1) is 0 Å². The smallest absolute Gasteiger partial charge is 0.228 e. The number of nitrogens with zero attached hydrogens (tertiary/aromatic N) is 2. The van der Waals surface area contributed by atoms with Gasteiger partial charge in [0.05, 0.1) is 7.11 Å². The van der Waals surface area contributed by atoms with Crippen molar-refractivity contribution < 1.29 is 9.47 Å². The molecule has 0 amide bonds. The van der Waals surface area contributed by atoms with E-state index in [9.17, 15) is 0 Å². The van der Waals surface area contributed by atoms with Crippen molar-refractivity contribution in [2.24, 2.45) is 130 Å². The molecule has 0 spiro atoms. The molecule has 89 heavy (non-hydrogen) atoms. The van der Waals surface area contributed by atoms with Crippen LogP contribution in [0, 0.1) is 158 Å². The molecule has 6 heteroatoms. The van der Waals surface area contributed by atoms with E-state index in [1.54, 1.807) is 26.4 Å². The molecule has 17 atom stereocenters. The number of fused-ring (bicyclic) bond motifs is 1. The summed E-state index contributed by atoms with van der Waals surface area (Å²) in [6.07, 6.45) is 38.7. The molecule has 9 aliphatic carbocycles. The average Bonchev–Trinajstić information content (AvgIpc) is 3.92. The van der Waals surface area contributed by atoms with E-state index in [4.69, 9.17) is 9.47 Å². The molecule has 17 unspecified atom stereocenters. The fourth-order valence-corrected chi connectivity index (χ4v) is 17.0. The number of aromatic nitrogens is 2. The summed E-state index contributed by atoms with van der Waals surface area (Å²) in [5.74, 6) is 23.6. The highest BCUT2D eigenvalue weighted by Gasteiger charge is 2.34. The summed E-state index contributed by atoms with van der Waals surface area (Å²) in [5.41, 5.74) is 2.17. The summed E-state index contributed by atoms with van der Waals surface area (Å²) in [6.45, 7) is 61.8. The van der Waals surface area contributed by atoms with Gasteiger partial charge in [-0.3, -0.25) is 0 Å². The van der Waals surface area contributed by atoms with Crippen molar-refractivity contribution in [2.45, 2.75) is 359 Å². The average molecular weight is 1280 g/mol. The van der Waals surface area contributed by atoms with Crippen molar-refractivity contribution >= 4 is 23.1 Å². The summed E-state index contributed by atoms with van der Waals surface area (Å²) in [4.78, 5) is 2.46. The predicted molar refractivity (Wildman–Crippen MR) is 400 cm³/mol. The Labute approximate surface area is 567 Å². The van der Waals surface area contributed by atoms with E-state index >= 15 is 0 Å². The fraction of sp³-hybridized carbons (Fsp3) is 0.928. The summed E-state index contributed by atoms with van der Waals surface area (Å²) in [6, 6.07) is 0. The molecule has 2 aromatic heterocycles. The molecular formula is C83H158N2O2S2. The van der Waals surface area contributed by atoms with Crippen LogP contribution in [0.4, 0.5) is 0 Å². The fourth-order valence-electron chi connectivity index (χ4n) is 15.7. The minimum Gasteiger partial charge on any atom is -0.480 e. The highest BCUT2D eigenvalue weighted by molar-refractivity contribution is 7.06. The zero-order chi connectivity index (χ0) is 67.3. The van der Waals surface area contributed by atoms with Gasteiger partial charge in [0.25, 0.3) is 0 Å². The zero-order valence-corrected chi connectivity index (χ0v) is 66.7. The van der Waals surface area contributed by atoms with Gasteiger partial charge < -0.3 is 9.47 Å². The van der Waals surface area contributed by atoms with Gasteiger partial charge in [-0.25, -0.2) is 0 Å². The molecule has 0 N–H and O–H groups in total. The lowest BCUT2D eigenvalue weighted by molar-refractivity contribution is 0.0966. The van der Waals surface area contributed by atoms with E-state index in [2.05, 4.69) is 154 Å². The first-order chi connectivity index (χ1) is 41.7. The summed E-state index contributed by atoms with van der Waals surface area (Å²) < 4.78 is 18.9. The monoisotopic (exact) mass is 1280 g/mol. The van der Waals surface area contributed by atoms with Crippen molar-refractivity contribution in [3.63, 3.8) is 0 Å². The van der Waals surface area contributed by atoms with Crippen LogP contribution in [0.25, 0.3) is 0 Å². The van der Waals surface area contributed by atoms with E-state index in [1.807, 2.05) is 41.5 Å². The largest absolute Gasteiger partial charge is 0.480 e. The Kier molecular flexibility index (Phi) is 41.3. The lowest BCUT2D eigenvalue weighted by atomic mass is 9.65. The SMILES string of the molecule is CC(C)C1CCCC(C(C)C)C1C.CC1CC1C.CC1CCC(C)C1C.CC1CCC1C.CC1CCCC(C)C1C.CC1CCCC2CCCCC12.CC1CCCCC1C.CC1CCCCC1C.COc1nsc(C)c1C.Cc1snc(OC(C)(C)C)c1C. The van der Waals surface area contributed by atoms with Crippen LogP contribution in [0.1, 0.15) is 347 Å². The van der Waals surface area contributed by atoms with Crippen molar-refractivity contribution in [1.82, 2.24) is 8.75 Å². The molecule has 9 saturated carbocycles. The van der Waals surface area contributed by atoms with E-state index in [1.165, 1.54) is 180 Å². The van der Waals surface area contributed by atoms with Crippen LogP contribution in [-0.2, 0) is 0 Å². The maximum Gasteiger partial charge on any atom is 0.228 e.